The lowest BCUT2D eigenvalue weighted by atomic mass is 10.1. The smallest absolute Gasteiger partial charge is 0.160 e. The van der Waals surface area contributed by atoms with Gasteiger partial charge in [-0.05, 0) is 55.3 Å². The van der Waals surface area contributed by atoms with Gasteiger partial charge in [0.2, 0.25) is 0 Å². The van der Waals surface area contributed by atoms with Gasteiger partial charge in [0, 0.05) is 6.54 Å². The molecule has 0 fully saturated rings. The lowest BCUT2D eigenvalue weighted by Crippen LogP contribution is -2.16. The topological polar surface area (TPSA) is 39.7 Å². The maximum absolute atomic E-state index is 5.44. The third-order valence-corrected chi connectivity index (χ3v) is 3.60. The highest BCUT2D eigenvalue weighted by molar-refractivity contribution is 5.85. The fourth-order valence-electron chi connectivity index (χ4n) is 2.37. The van der Waals surface area contributed by atoms with Gasteiger partial charge in [0.15, 0.2) is 11.5 Å². The molecule has 0 spiro atoms. The Morgan fingerprint density at radius 1 is 0.875 bits per heavy atom. The SMILES string of the molecule is CCOc1ccc(CNCCc2ccc(OC)c(OC)c2)cc1.Cl. The van der Waals surface area contributed by atoms with E-state index in [1.807, 2.05) is 31.2 Å². The Labute approximate surface area is 150 Å². The normalized spacial score (nSPS) is 9.96. The number of methoxy groups -OCH3 is 2. The molecule has 5 heteroatoms. The second kappa shape index (κ2) is 10.8. The zero-order valence-electron chi connectivity index (χ0n) is 14.5. The van der Waals surface area contributed by atoms with Crippen LogP contribution in [-0.2, 0) is 13.0 Å². The number of hydrogen-bond donors (Lipinski definition) is 1. The van der Waals surface area contributed by atoms with Crippen molar-refractivity contribution in [3.8, 4) is 17.2 Å². The Kier molecular flexibility index (Phi) is 9.05. The van der Waals surface area contributed by atoms with Crippen molar-refractivity contribution >= 4 is 12.4 Å². The minimum atomic E-state index is 0. The maximum atomic E-state index is 5.44. The molecule has 0 bridgehead atoms. The van der Waals surface area contributed by atoms with Crippen molar-refractivity contribution in [1.29, 1.82) is 0 Å². The molecule has 1 N–H and O–H groups in total. The molecule has 4 nitrogen and oxygen atoms in total. The lowest BCUT2D eigenvalue weighted by Gasteiger charge is -2.10. The van der Waals surface area contributed by atoms with E-state index in [4.69, 9.17) is 14.2 Å². The molecule has 0 aliphatic carbocycles. The Morgan fingerprint density at radius 3 is 2.17 bits per heavy atom. The van der Waals surface area contributed by atoms with Crippen LogP contribution in [-0.4, -0.2) is 27.4 Å². The molecule has 2 aromatic rings. The first-order chi connectivity index (χ1) is 11.3. The van der Waals surface area contributed by atoms with Crippen molar-refractivity contribution in [2.24, 2.45) is 0 Å². The first kappa shape index (κ1) is 20.1. The summed E-state index contributed by atoms with van der Waals surface area (Å²) < 4.78 is 16.0. The summed E-state index contributed by atoms with van der Waals surface area (Å²) >= 11 is 0. The predicted molar refractivity (Wildman–Crippen MR) is 99.8 cm³/mol. The quantitative estimate of drug-likeness (QED) is 0.696. The third kappa shape index (κ3) is 5.95. The highest BCUT2D eigenvalue weighted by atomic mass is 35.5. The van der Waals surface area contributed by atoms with Crippen molar-refractivity contribution in [3.63, 3.8) is 0 Å². The first-order valence-electron chi connectivity index (χ1n) is 7.90. The molecule has 24 heavy (non-hydrogen) atoms. The summed E-state index contributed by atoms with van der Waals surface area (Å²) in [6.45, 7) is 4.44. The number of hydrogen-bond acceptors (Lipinski definition) is 4. The van der Waals surface area contributed by atoms with E-state index < -0.39 is 0 Å². The van der Waals surface area contributed by atoms with Crippen LogP contribution < -0.4 is 19.5 Å². The average molecular weight is 352 g/mol. The molecule has 0 saturated heterocycles. The molecule has 0 heterocycles. The minimum absolute atomic E-state index is 0. The number of benzene rings is 2. The largest absolute Gasteiger partial charge is 0.494 e. The van der Waals surface area contributed by atoms with E-state index in [2.05, 4.69) is 23.5 Å². The summed E-state index contributed by atoms with van der Waals surface area (Å²) in [4.78, 5) is 0. The molecular formula is C19H26ClNO3. The second-order valence-electron chi connectivity index (χ2n) is 5.19. The Bertz CT molecular complexity index is 602. The van der Waals surface area contributed by atoms with Gasteiger partial charge in [-0.25, -0.2) is 0 Å². The minimum Gasteiger partial charge on any atom is -0.494 e. The highest BCUT2D eigenvalue weighted by Gasteiger charge is 2.04. The number of nitrogens with one attached hydrogen (secondary N) is 1. The summed E-state index contributed by atoms with van der Waals surface area (Å²) in [5.41, 5.74) is 2.47. The average Bonchev–Trinajstić information content (AvgIpc) is 2.60. The molecule has 0 saturated carbocycles. The van der Waals surface area contributed by atoms with Crippen LogP contribution in [0.1, 0.15) is 18.1 Å². The molecule has 0 amide bonds. The summed E-state index contributed by atoms with van der Waals surface area (Å²) in [7, 11) is 3.31. The Morgan fingerprint density at radius 2 is 1.54 bits per heavy atom. The Balaban J connectivity index is 0.00000288. The van der Waals surface area contributed by atoms with E-state index in [1.54, 1.807) is 14.2 Å². The van der Waals surface area contributed by atoms with Crippen molar-refractivity contribution in [2.45, 2.75) is 19.9 Å². The first-order valence-corrected chi connectivity index (χ1v) is 7.90. The molecule has 2 aromatic carbocycles. The van der Waals surface area contributed by atoms with Crippen LogP contribution in [0.15, 0.2) is 42.5 Å². The highest BCUT2D eigenvalue weighted by Crippen LogP contribution is 2.27. The molecule has 0 aromatic heterocycles. The van der Waals surface area contributed by atoms with Crippen LogP contribution in [0, 0.1) is 0 Å². The van der Waals surface area contributed by atoms with E-state index in [-0.39, 0.29) is 12.4 Å². The third-order valence-electron chi connectivity index (χ3n) is 3.60. The second-order valence-corrected chi connectivity index (χ2v) is 5.19. The van der Waals surface area contributed by atoms with Gasteiger partial charge in [0.05, 0.1) is 20.8 Å². The zero-order chi connectivity index (χ0) is 16.5. The molecule has 0 atom stereocenters. The molecule has 2 rings (SSSR count). The Hall–Kier alpha value is -1.91. The van der Waals surface area contributed by atoms with Gasteiger partial charge in [-0.15, -0.1) is 12.4 Å². The zero-order valence-corrected chi connectivity index (χ0v) is 15.3. The van der Waals surface area contributed by atoms with Gasteiger partial charge >= 0.3 is 0 Å². The van der Waals surface area contributed by atoms with Crippen molar-refractivity contribution < 1.29 is 14.2 Å². The fourth-order valence-corrected chi connectivity index (χ4v) is 2.37. The standard InChI is InChI=1S/C19H25NO3.ClH/c1-4-23-17-8-5-16(6-9-17)14-20-12-11-15-7-10-18(21-2)19(13-15)22-3;/h5-10,13,20H,4,11-12,14H2,1-3H3;1H. The summed E-state index contributed by atoms with van der Waals surface area (Å²) in [5, 5.41) is 3.45. The van der Waals surface area contributed by atoms with Crippen LogP contribution in [0.4, 0.5) is 0 Å². The van der Waals surface area contributed by atoms with Gasteiger partial charge in [0.25, 0.3) is 0 Å². The van der Waals surface area contributed by atoms with E-state index in [9.17, 15) is 0 Å². The van der Waals surface area contributed by atoms with Gasteiger partial charge in [-0.1, -0.05) is 18.2 Å². The summed E-state index contributed by atoms with van der Waals surface area (Å²) in [5.74, 6) is 2.46. The monoisotopic (exact) mass is 351 g/mol. The van der Waals surface area contributed by atoms with Crippen LogP contribution in [0.3, 0.4) is 0 Å². The molecule has 0 unspecified atom stereocenters. The molecule has 0 radical (unpaired) electrons. The van der Waals surface area contributed by atoms with E-state index in [0.717, 1.165) is 36.8 Å². The number of ether oxygens (including phenoxy) is 3. The molecule has 0 aliphatic rings. The predicted octanol–water partition coefficient (Wildman–Crippen LogP) is 3.86. The van der Waals surface area contributed by atoms with Gasteiger partial charge < -0.3 is 19.5 Å². The van der Waals surface area contributed by atoms with Crippen LogP contribution >= 0.6 is 12.4 Å². The lowest BCUT2D eigenvalue weighted by molar-refractivity contribution is 0.340. The molecular weight excluding hydrogens is 326 g/mol. The fraction of sp³-hybridized carbons (Fsp3) is 0.368. The van der Waals surface area contributed by atoms with Gasteiger partial charge in [-0.3, -0.25) is 0 Å². The van der Waals surface area contributed by atoms with E-state index >= 15 is 0 Å². The van der Waals surface area contributed by atoms with Crippen molar-refractivity contribution in [2.75, 3.05) is 27.4 Å². The van der Waals surface area contributed by atoms with Crippen LogP contribution in [0.5, 0.6) is 17.2 Å². The number of rotatable bonds is 9. The van der Waals surface area contributed by atoms with E-state index in [1.165, 1.54) is 11.1 Å². The summed E-state index contributed by atoms with van der Waals surface area (Å²) in [6, 6.07) is 14.2. The van der Waals surface area contributed by atoms with Crippen LogP contribution in [0.25, 0.3) is 0 Å². The van der Waals surface area contributed by atoms with Crippen molar-refractivity contribution in [3.05, 3.63) is 53.6 Å². The van der Waals surface area contributed by atoms with E-state index in [0.29, 0.717) is 6.61 Å². The van der Waals surface area contributed by atoms with Crippen LogP contribution in [0.2, 0.25) is 0 Å². The summed E-state index contributed by atoms with van der Waals surface area (Å²) in [6.07, 6.45) is 0.942. The molecule has 0 aliphatic heterocycles. The van der Waals surface area contributed by atoms with Gasteiger partial charge in [-0.2, -0.15) is 0 Å². The number of halogens is 1. The molecule has 132 valence electrons. The maximum Gasteiger partial charge on any atom is 0.160 e. The van der Waals surface area contributed by atoms with Crippen molar-refractivity contribution in [1.82, 2.24) is 5.32 Å². The van der Waals surface area contributed by atoms with Gasteiger partial charge in [0.1, 0.15) is 5.75 Å².